The number of hydrogen-bond acceptors (Lipinski definition) is 4. The molecule has 0 fully saturated rings. The molecule has 8 heteroatoms. The van der Waals surface area contributed by atoms with E-state index in [1.807, 2.05) is 107 Å². The first-order valence-corrected chi connectivity index (χ1v) is 15.5. The van der Waals surface area contributed by atoms with E-state index >= 15 is 0 Å². The van der Waals surface area contributed by atoms with E-state index in [0.29, 0.717) is 12.1 Å². The van der Waals surface area contributed by atoms with Gasteiger partial charge < -0.3 is 10.2 Å². The van der Waals surface area contributed by atoms with Crippen LogP contribution in [0.15, 0.2) is 72.8 Å². The number of nitrogens with zero attached hydrogens (tertiary/aromatic N) is 2. The number of nitrogens with one attached hydrogen (secondary N) is 1. The number of carbonyl (C=O) groups excluding carboxylic acids is 2. The van der Waals surface area contributed by atoms with Gasteiger partial charge in [-0.05, 0) is 56.4 Å². The Labute approximate surface area is 239 Å². The number of benzene rings is 3. The summed E-state index contributed by atoms with van der Waals surface area (Å²) in [6.45, 7) is 9.29. The van der Waals surface area contributed by atoms with Crippen LogP contribution in [0.3, 0.4) is 0 Å². The molecule has 0 radical (unpaired) electrons. The Hall–Kier alpha value is -3.65. The summed E-state index contributed by atoms with van der Waals surface area (Å²) in [6.07, 6.45) is 2.14. The Bertz CT molecular complexity index is 1390. The SMILES string of the molecule is CC[C@H](C)NC(=O)[C@@H](Cc1ccccc1)N(Cc1ccc(C)cc1)C(=O)CN(c1c(C)cccc1C)S(C)(=O)=O. The van der Waals surface area contributed by atoms with Gasteiger partial charge in [-0.15, -0.1) is 0 Å². The van der Waals surface area contributed by atoms with Crippen LogP contribution >= 0.6 is 0 Å². The minimum atomic E-state index is -3.81. The van der Waals surface area contributed by atoms with E-state index in [1.54, 1.807) is 0 Å². The van der Waals surface area contributed by atoms with Gasteiger partial charge in [-0.1, -0.05) is 85.3 Å². The Morgan fingerprint density at radius 2 is 1.45 bits per heavy atom. The fourth-order valence-electron chi connectivity index (χ4n) is 4.66. The van der Waals surface area contributed by atoms with E-state index in [1.165, 1.54) is 4.90 Å². The summed E-state index contributed by atoms with van der Waals surface area (Å²) in [6, 6.07) is 21.9. The maximum Gasteiger partial charge on any atom is 0.244 e. The molecule has 0 bridgehead atoms. The summed E-state index contributed by atoms with van der Waals surface area (Å²) in [5.74, 6) is -0.717. The van der Waals surface area contributed by atoms with Crippen molar-refractivity contribution in [3.05, 3.63) is 101 Å². The van der Waals surface area contributed by atoms with E-state index in [2.05, 4.69) is 5.32 Å². The first kappa shape index (κ1) is 30.9. The lowest BCUT2D eigenvalue weighted by atomic mass is 10.0. The zero-order chi connectivity index (χ0) is 29.4. The Balaban J connectivity index is 2.09. The highest BCUT2D eigenvalue weighted by Gasteiger charge is 2.34. The lowest BCUT2D eigenvalue weighted by molar-refractivity contribution is -0.140. The molecule has 3 rings (SSSR count). The molecule has 2 atom stereocenters. The molecule has 214 valence electrons. The molecule has 0 aromatic heterocycles. The third-order valence-corrected chi connectivity index (χ3v) is 8.23. The first-order valence-electron chi connectivity index (χ1n) is 13.6. The van der Waals surface area contributed by atoms with Gasteiger partial charge in [-0.2, -0.15) is 0 Å². The summed E-state index contributed by atoms with van der Waals surface area (Å²) < 4.78 is 27.3. The maximum absolute atomic E-state index is 14.2. The van der Waals surface area contributed by atoms with Gasteiger partial charge >= 0.3 is 0 Å². The molecule has 3 aromatic carbocycles. The predicted octanol–water partition coefficient (Wildman–Crippen LogP) is 4.93. The molecular formula is C32H41N3O4S. The fraction of sp³-hybridized carbons (Fsp3) is 0.375. The van der Waals surface area contributed by atoms with Crippen molar-refractivity contribution in [3.8, 4) is 0 Å². The summed E-state index contributed by atoms with van der Waals surface area (Å²) in [7, 11) is -3.81. The summed E-state index contributed by atoms with van der Waals surface area (Å²) in [5, 5.41) is 3.05. The van der Waals surface area contributed by atoms with Crippen LogP contribution in [0, 0.1) is 20.8 Å². The molecule has 7 nitrogen and oxygen atoms in total. The normalized spacial score (nSPS) is 12.8. The number of amides is 2. The number of sulfonamides is 1. The van der Waals surface area contributed by atoms with Crippen molar-refractivity contribution in [1.82, 2.24) is 10.2 Å². The predicted molar refractivity (Wildman–Crippen MR) is 162 cm³/mol. The molecule has 0 saturated carbocycles. The minimum absolute atomic E-state index is 0.0794. The molecule has 40 heavy (non-hydrogen) atoms. The van der Waals surface area contributed by atoms with Crippen molar-refractivity contribution in [2.24, 2.45) is 0 Å². The zero-order valence-electron chi connectivity index (χ0n) is 24.3. The Kier molecular flexibility index (Phi) is 10.5. The van der Waals surface area contributed by atoms with E-state index < -0.39 is 28.5 Å². The smallest absolute Gasteiger partial charge is 0.244 e. The molecule has 3 aromatic rings. The number of carbonyl (C=O) groups is 2. The average molecular weight is 564 g/mol. The van der Waals surface area contributed by atoms with Crippen molar-refractivity contribution in [1.29, 1.82) is 0 Å². The standard InChI is InChI=1S/C32H41N3O4S/c1-7-26(5)33-32(37)29(20-27-14-9-8-10-15-27)34(21-28-18-16-23(2)17-19-28)30(36)22-35(40(6,38)39)31-24(3)12-11-13-25(31)4/h8-19,26,29H,7,20-22H2,1-6H3,(H,33,37)/t26-,29+/m0/s1. The van der Waals surface area contributed by atoms with Gasteiger partial charge in [0.2, 0.25) is 21.8 Å². The Morgan fingerprint density at radius 1 is 0.850 bits per heavy atom. The van der Waals surface area contributed by atoms with Crippen molar-refractivity contribution in [2.75, 3.05) is 17.1 Å². The third-order valence-electron chi connectivity index (χ3n) is 7.11. The lowest BCUT2D eigenvalue weighted by Gasteiger charge is -2.34. The number of aryl methyl sites for hydroxylation is 3. The van der Waals surface area contributed by atoms with Gasteiger partial charge in [0.1, 0.15) is 12.6 Å². The van der Waals surface area contributed by atoms with Gasteiger partial charge in [-0.25, -0.2) is 8.42 Å². The molecular weight excluding hydrogens is 522 g/mol. The van der Waals surface area contributed by atoms with Gasteiger partial charge in [-0.3, -0.25) is 13.9 Å². The maximum atomic E-state index is 14.2. The second-order valence-electron chi connectivity index (χ2n) is 10.5. The topological polar surface area (TPSA) is 86.8 Å². The number of rotatable bonds is 12. The number of para-hydroxylation sites is 1. The third kappa shape index (κ3) is 8.18. The summed E-state index contributed by atoms with van der Waals surface area (Å²) in [5.41, 5.74) is 4.82. The monoisotopic (exact) mass is 563 g/mol. The molecule has 0 aliphatic rings. The second kappa shape index (κ2) is 13.6. The van der Waals surface area contributed by atoms with Gasteiger partial charge in [0.15, 0.2) is 0 Å². The van der Waals surface area contributed by atoms with Gasteiger partial charge in [0.05, 0.1) is 11.9 Å². The number of hydrogen-bond donors (Lipinski definition) is 1. The van der Waals surface area contributed by atoms with E-state index in [0.717, 1.165) is 44.8 Å². The van der Waals surface area contributed by atoms with Crippen molar-refractivity contribution >= 4 is 27.5 Å². The highest BCUT2D eigenvalue weighted by Crippen LogP contribution is 2.27. The lowest BCUT2D eigenvalue weighted by Crippen LogP contribution is -2.54. The molecule has 0 spiro atoms. The average Bonchev–Trinajstić information content (AvgIpc) is 2.90. The minimum Gasteiger partial charge on any atom is -0.352 e. The largest absolute Gasteiger partial charge is 0.352 e. The second-order valence-corrected chi connectivity index (χ2v) is 12.4. The van der Waals surface area contributed by atoms with E-state index in [4.69, 9.17) is 0 Å². The van der Waals surface area contributed by atoms with Crippen LogP contribution in [0.2, 0.25) is 0 Å². The Morgan fingerprint density at radius 3 is 2.00 bits per heavy atom. The quantitative estimate of drug-likeness (QED) is 0.339. The van der Waals surface area contributed by atoms with Crippen LogP contribution in [0.25, 0.3) is 0 Å². The van der Waals surface area contributed by atoms with Crippen LogP contribution < -0.4 is 9.62 Å². The molecule has 0 aliphatic carbocycles. The van der Waals surface area contributed by atoms with Crippen LogP contribution in [-0.4, -0.2) is 50.0 Å². The molecule has 1 N–H and O–H groups in total. The van der Waals surface area contributed by atoms with Crippen LogP contribution in [-0.2, 0) is 32.6 Å². The summed E-state index contributed by atoms with van der Waals surface area (Å²) >= 11 is 0. The van der Waals surface area contributed by atoms with Gasteiger partial charge in [0.25, 0.3) is 0 Å². The molecule has 0 heterocycles. The van der Waals surface area contributed by atoms with Crippen LogP contribution in [0.5, 0.6) is 0 Å². The van der Waals surface area contributed by atoms with Gasteiger partial charge in [0, 0.05) is 19.0 Å². The van der Waals surface area contributed by atoms with Crippen molar-refractivity contribution in [2.45, 2.75) is 66.1 Å². The van der Waals surface area contributed by atoms with Crippen LogP contribution in [0.4, 0.5) is 5.69 Å². The number of anilines is 1. The van der Waals surface area contributed by atoms with E-state index in [-0.39, 0.29) is 18.5 Å². The zero-order valence-corrected chi connectivity index (χ0v) is 25.2. The molecule has 2 amide bonds. The highest BCUT2D eigenvalue weighted by molar-refractivity contribution is 7.92. The summed E-state index contributed by atoms with van der Waals surface area (Å²) in [4.78, 5) is 29.5. The molecule has 0 aliphatic heterocycles. The molecule has 0 saturated heterocycles. The highest BCUT2D eigenvalue weighted by atomic mass is 32.2. The molecule has 0 unspecified atom stereocenters. The van der Waals surface area contributed by atoms with E-state index in [9.17, 15) is 18.0 Å². The first-order chi connectivity index (χ1) is 18.9. The van der Waals surface area contributed by atoms with Crippen molar-refractivity contribution < 1.29 is 18.0 Å². The van der Waals surface area contributed by atoms with Crippen LogP contribution in [0.1, 0.15) is 48.1 Å². The fourth-order valence-corrected chi connectivity index (χ4v) is 5.62. The van der Waals surface area contributed by atoms with Crippen molar-refractivity contribution in [3.63, 3.8) is 0 Å².